The largest absolute Gasteiger partial charge is 0.321 e. The van der Waals surface area contributed by atoms with Gasteiger partial charge in [0, 0.05) is 39.5 Å². The summed E-state index contributed by atoms with van der Waals surface area (Å²) in [6.45, 7) is 2.06. The summed E-state index contributed by atoms with van der Waals surface area (Å²) in [7, 11) is 0. The summed E-state index contributed by atoms with van der Waals surface area (Å²) in [6.07, 6.45) is 6.52. The fourth-order valence-electron chi connectivity index (χ4n) is 3.65. The molecule has 0 aliphatic heterocycles. The van der Waals surface area contributed by atoms with Crippen molar-refractivity contribution in [2.24, 2.45) is 0 Å². The van der Waals surface area contributed by atoms with Crippen LogP contribution in [0.25, 0.3) is 55.3 Å². The fraction of sp³-hybridized carbons (Fsp3) is 0.0455. The van der Waals surface area contributed by atoms with Gasteiger partial charge in [0.15, 0.2) is 17.3 Å². The van der Waals surface area contributed by atoms with Crippen molar-refractivity contribution in [3.8, 4) is 33.2 Å². The number of nitrogens with one attached hydrogen (secondary N) is 2. The predicted molar refractivity (Wildman–Crippen MR) is 118 cm³/mol. The van der Waals surface area contributed by atoms with Gasteiger partial charge in [-0.15, -0.1) is 11.3 Å². The van der Waals surface area contributed by atoms with Crippen LogP contribution >= 0.6 is 11.3 Å². The Kier molecular flexibility index (Phi) is 3.90. The molecule has 6 heterocycles. The Morgan fingerprint density at radius 1 is 1.00 bits per heavy atom. The Labute approximate surface area is 179 Å². The van der Waals surface area contributed by atoms with Crippen molar-refractivity contribution >= 4 is 33.4 Å². The van der Waals surface area contributed by atoms with Crippen molar-refractivity contribution < 1.29 is 4.39 Å². The lowest BCUT2D eigenvalue weighted by Crippen LogP contribution is -1.92. The van der Waals surface area contributed by atoms with E-state index in [9.17, 15) is 0 Å². The van der Waals surface area contributed by atoms with Crippen LogP contribution in [0.5, 0.6) is 0 Å². The Morgan fingerprint density at radius 3 is 2.74 bits per heavy atom. The number of aromatic amines is 2. The molecule has 0 aliphatic rings. The third-order valence-corrected chi connectivity index (χ3v) is 6.13. The van der Waals surface area contributed by atoms with Crippen LogP contribution in [-0.2, 0) is 0 Å². The Hall–Kier alpha value is -3.98. The van der Waals surface area contributed by atoms with Crippen LogP contribution < -0.4 is 0 Å². The van der Waals surface area contributed by atoms with Gasteiger partial charge < -0.3 is 4.98 Å². The molecule has 0 saturated carbocycles. The van der Waals surface area contributed by atoms with Crippen molar-refractivity contribution in [1.82, 2.24) is 35.1 Å². The van der Waals surface area contributed by atoms with Crippen molar-refractivity contribution in [3.05, 3.63) is 65.8 Å². The molecule has 6 aromatic rings. The number of hydrogen-bond acceptors (Lipinski definition) is 6. The molecule has 0 bridgehead atoms. The van der Waals surface area contributed by atoms with Gasteiger partial charge in [0.1, 0.15) is 16.9 Å². The van der Waals surface area contributed by atoms with Crippen LogP contribution in [0.2, 0.25) is 0 Å². The highest BCUT2D eigenvalue weighted by molar-refractivity contribution is 7.15. The number of fused-ring (bicyclic) bond motifs is 2. The van der Waals surface area contributed by atoms with Crippen LogP contribution in [0.3, 0.4) is 0 Å². The average molecular weight is 427 g/mol. The van der Waals surface area contributed by atoms with Gasteiger partial charge in [-0.05, 0) is 37.3 Å². The van der Waals surface area contributed by atoms with Gasteiger partial charge in [-0.3, -0.25) is 15.1 Å². The Bertz CT molecular complexity index is 1570. The number of pyridine rings is 3. The number of halogens is 1. The van der Waals surface area contributed by atoms with Crippen LogP contribution in [-0.4, -0.2) is 35.1 Å². The summed E-state index contributed by atoms with van der Waals surface area (Å²) < 4.78 is 15.5. The molecule has 0 atom stereocenters. The van der Waals surface area contributed by atoms with Gasteiger partial charge in [-0.25, -0.2) is 14.4 Å². The Morgan fingerprint density at radius 2 is 1.94 bits per heavy atom. The number of thiophene rings is 1. The molecule has 6 aromatic heterocycles. The van der Waals surface area contributed by atoms with E-state index in [-0.39, 0.29) is 5.69 Å². The third kappa shape index (κ3) is 2.82. The molecule has 31 heavy (non-hydrogen) atoms. The molecule has 0 aromatic carbocycles. The van der Waals surface area contributed by atoms with Gasteiger partial charge in [0.2, 0.25) is 0 Å². The van der Waals surface area contributed by atoms with Crippen LogP contribution in [0.1, 0.15) is 4.88 Å². The molecule has 0 unspecified atom stereocenters. The molecule has 0 radical (unpaired) electrons. The van der Waals surface area contributed by atoms with Gasteiger partial charge in [-0.2, -0.15) is 5.10 Å². The van der Waals surface area contributed by atoms with E-state index >= 15 is 4.39 Å². The lowest BCUT2D eigenvalue weighted by molar-refractivity contribution is 0.638. The maximum atomic E-state index is 15.5. The van der Waals surface area contributed by atoms with Gasteiger partial charge >= 0.3 is 0 Å². The fourth-order valence-corrected chi connectivity index (χ4v) is 4.55. The molecule has 0 spiro atoms. The first-order chi connectivity index (χ1) is 15.2. The van der Waals surface area contributed by atoms with Crippen molar-refractivity contribution in [2.75, 3.05) is 0 Å². The zero-order chi connectivity index (χ0) is 20.9. The third-order valence-electron chi connectivity index (χ3n) is 5.09. The summed E-state index contributed by atoms with van der Waals surface area (Å²) in [5.41, 5.74) is 4.00. The highest BCUT2D eigenvalue weighted by atomic mass is 32.1. The Balaban J connectivity index is 1.56. The second-order valence-electron chi connectivity index (χ2n) is 7.07. The quantitative estimate of drug-likeness (QED) is 0.408. The van der Waals surface area contributed by atoms with E-state index in [0.717, 1.165) is 16.0 Å². The molecule has 0 saturated heterocycles. The summed E-state index contributed by atoms with van der Waals surface area (Å²) in [4.78, 5) is 23.0. The zero-order valence-electron chi connectivity index (χ0n) is 16.2. The average Bonchev–Trinajstić information content (AvgIpc) is 3.52. The number of aromatic nitrogens is 7. The highest BCUT2D eigenvalue weighted by Crippen LogP contribution is 2.35. The summed E-state index contributed by atoms with van der Waals surface area (Å²) in [5, 5.41) is 7.50. The maximum Gasteiger partial charge on any atom is 0.161 e. The smallest absolute Gasteiger partial charge is 0.161 e. The molecule has 7 nitrogen and oxygen atoms in total. The number of nitrogens with zero attached hydrogens (tertiary/aromatic N) is 5. The molecule has 0 amide bonds. The number of H-pyrrole nitrogens is 2. The molecule has 0 aliphatic carbocycles. The molecule has 150 valence electrons. The van der Waals surface area contributed by atoms with E-state index in [0.29, 0.717) is 33.6 Å². The van der Waals surface area contributed by atoms with E-state index in [1.54, 1.807) is 48.3 Å². The van der Waals surface area contributed by atoms with Crippen molar-refractivity contribution in [2.45, 2.75) is 6.92 Å². The lowest BCUT2D eigenvalue weighted by atomic mass is 10.1. The van der Waals surface area contributed by atoms with Crippen LogP contribution in [0, 0.1) is 12.7 Å². The van der Waals surface area contributed by atoms with Gasteiger partial charge in [0.25, 0.3) is 0 Å². The molecule has 6 rings (SSSR count). The van der Waals surface area contributed by atoms with E-state index in [4.69, 9.17) is 4.98 Å². The predicted octanol–water partition coefficient (Wildman–Crippen LogP) is 5.13. The SMILES string of the molecule is Cc1ccc(-c2ccnc3[nH]c(-c4n[nH]c5cnc(-c6cccnc6)c(F)c45)nc23)s1. The highest BCUT2D eigenvalue weighted by Gasteiger charge is 2.21. The molecular formula is C22H14FN7S. The minimum atomic E-state index is -0.475. The van der Waals surface area contributed by atoms with Crippen molar-refractivity contribution in [1.29, 1.82) is 0 Å². The number of rotatable bonds is 3. The first kappa shape index (κ1) is 17.8. The topological polar surface area (TPSA) is 96.0 Å². The second kappa shape index (κ2) is 6.78. The zero-order valence-corrected chi connectivity index (χ0v) is 17.0. The minimum Gasteiger partial charge on any atom is -0.321 e. The van der Waals surface area contributed by atoms with Gasteiger partial charge in [-0.1, -0.05) is 0 Å². The number of imidazole rings is 1. The molecule has 0 fully saturated rings. The summed E-state index contributed by atoms with van der Waals surface area (Å²) in [5.74, 6) is -0.0338. The lowest BCUT2D eigenvalue weighted by Gasteiger charge is -2.03. The number of aryl methyl sites for hydroxylation is 1. The molecule has 9 heteroatoms. The first-order valence-corrected chi connectivity index (χ1v) is 10.4. The maximum absolute atomic E-state index is 15.5. The summed E-state index contributed by atoms with van der Waals surface area (Å²) in [6, 6.07) is 9.59. The standard InChI is InChI=1S/C22H14FN7S/c1-11-4-5-15(31-11)13-6-8-25-21-19(13)27-22(28-21)20-16-14(29-30-20)10-26-18(17(16)23)12-3-2-7-24-9-12/h2-10H,1H3,(H,29,30)(H,25,27,28). The second-order valence-corrected chi connectivity index (χ2v) is 8.36. The number of hydrogen-bond donors (Lipinski definition) is 2. The monoisotopic (exact) mass is 427 g/mol. The normalized spacial score (nSPS) is 11.5. The van der Waals surface area contributed by atoms with E-state index in [2.05, 4.69) is 49.2 Å². The van der Waals surface area contributed by atoms with Crippen LogP contribution in [0.4, 0.5) is 4.39 Å². The van der Waals surface area contributed by atoms with E-state index in [1.807, 2.05) is 6.07 Å². The van der Waals surface area contributed by atoms with Crippen molar-refractivity contribution in [3.63, 3.8) is 0 Å². The molecule has 2 N–H and O–H groups in total. The first-order valence-electron chi connectivity index (χ1n) is 9.54. The summed E-state index contributed by atoms with van der Waals surface area (Å²) >= 11 is 1.69. The van der Waals surface area contributed by atoms with E-state index < -0.39 is 5.82 Å². The van der Waals surface area contributed by atoms with Crippen LogP contribution in [0.15, 0.2) is 55.1 Å². The molecular weight excluding hydrogens is 413 g/mol. The minimum absolute atomic E-state index is 0.215. The van der Waals surface area contributed by atoms with E-state index in [1.165, 1.54) is 4.88 Å². The van der Waals surface area contributed by atoms with Gasteiger partial charge in [0.05, 0.1) is 17.1 Å².